The summed E-state index contributed by atoms with van der Waals surface area (Å²) >= 11 is 0. The molecule has 5 aliphatic rings. The van der Waals surface area contributed by atoms with Crippen LogP contribution in [0.4, 0.5) is 0 Å². The fourth-order valence-electron chi connectivity index (χ4n) is 6.87. The highest BCUT2D eigenvalue weighted by atomic mass is 16.5. The Hall–Kier alpha value is -3.89. The van der Waals surface area contributed by atoms with Gasteiger partial charge in [0, 0.05) is 35.3 Å². The van der Waals surface area contributed by atoms with E-state index in [9.17, 15) is 14.7 Å². The van der Waals surface area contributed by atoms with Gasteiger partial charge in [-0.25, -0.2) is 0 Å². The number of carbonyl (C=O) groups is 2. The zero-order chi connectivity index (χ0) is 30.5. The number of hydrogen-bond acceptors (Lipinski definition) is 7. The quantitative estimate of drug-likeness (QED) is 0.424. The van der Waals surface area contributed by atoms with Gasteiger partial charge in [0.05, 0.1) is 31.7 Å². The standard InChI is InChI=1S/C33H40N4O6/c1-5-33-13-7-6-8-19-9-11-25-22(14-19)27(29(39)32(2,3)43-25)35-30(40)20-10-12-24-23(15-20)28(21(17-41-4)18-42-24)37(26(38)16-33)31(34)36-33/h6,8-12,14-15,21,27-29,39H,5,7,13,16-18H2,1-4H3,(H2,34,36)(H,35,40)/b8-6-/t21-,27+,28+,29-,33+/m0/s1. The van der Waals surface area contributed by atoms with E-state index in [4.69, 9.17) is 19.6 Å². The molecule has 228 valence electrons. The SMILES string of the molecule is CC[C@]12CC/C=C\c3ccc4c(c3)[C@@H](NC(=O)c3ccc5c(c3)[C@@H]([C@@H](COC)CO5)N(C(=N)N1)C(=O)C2)[C@H](O)C(C)(C)O4. The maximum Gasteiger partial charge on any atom is 0.251 e. The summed E-state index contributed by atoms with van der Waals surface area (Å²) in [5.41, 5.74) is 1.13. The first-order chi connectivity index (χ1) is 20.6. The number of guanidine groups is 1. The van der Waals surface area contributed by atoms with Gasteiger partial charge in [0.15, 0.2) is 5.96 Å². The molecule has 5 aliphatic heterocycles. The van der Waals surface area contributed by atoms with Gasteiger partial charge < -0.3 is 30.0 Å². The normalized spacial score (nSPS) is 30.3. The van der Waals surface area contributed by atoms with Crippen LogP contribution in [-0.2, 0) is 9.53 Å². The summed E-state index contributed by atoms with van der Waals surface area (Å²) in [6.07, 6.45) is 5.36. The highest BCUT2D eigenvalue weighted by Gasteiger charge is 2.47. The molecule has 7 rings (SSSR count). The van der Waals surface area contributed by atoms with Gasteiger partial charge in [-0.05, 0) is 69.0 Å². The summed E-state index contributed by atoms with van der Waals surface area (Å²) in [6.45, 7) is 6.26. The average Bonchev–Trinajstić information content (AvgIpc) is 2.97. The Kier molecular flexibility index (Phi) is 7.46. The second kappa shape index (κ2) is 11.0. The fourth-order valence-corrected chi connectivity index (χ4v) is 6.87. The average molecular weight is 589 g/mol. The predicted molar refractivity (Wildman–Crippen MR) is 161 cm³/mol. The molecule has 5 heterocycles. The molecule has 6 bridgehead atoms. The molecule has 4 N–H and O–H groups in total. The van der Waals surface area contributed by atoms with Crippen molar-refractivity contribution in [3.8, 4) is 11.5 Å². The number of amides is 2. The molecule has 1 saturated heterocycles. The maximum absolute atomic E-state index is 13.9. The van der Waals surface area contributed by atoms with Crippen LogP contribution in [0.2, 0.25) is 0 Å². The van der Waals surface area contributed by atoms with Gasteiger partial charge in [0.1, 0.15) is 23.2 Å². The van der Waals surface area contributed by atoms with Crippen molar-refractivity contribution in [2.75, 3.05) is 20.3 Å². The highest BCUT2D eigenvalue weighted by molar-refractivity contribution is 6.00. The van der Waals surface area contributed by atoms with Crippen LogP contribution in [0.5, 0.6) is 11.5 Å². The molecule has 2 aromatic rings. The first-order valence-electron chi connectivity index (χ1n) is 15.0. The Balaban J connectivity index is 1.48. The molecule has 10 nitrogen and oxygen atoms in total. The van der Waals surface area contributed by atoms with Gasteiger partial charge in [-0.1, -0.05) is 25.1 Å². The minimum Gasteiger partial charge on any atom is -0.493 e. The minimum absolute atomic E-state index is 0.0461. The second-order valence-corrected chi connectivity index (χ2v) is 12.6. The molecule has 0 radical (unpaired) electrons. The van der Waals surface area contributed by atoms with Crippen LogP contribution in [-0.4, -0.2) is 65.3 Å². The Morgan fingerprint density at radius 2 is 1.93 bits per heavy atom. The lowest BCUT2D eigenvalue weighted by molar-refractivity contribution is -0.134. The summed E-state index contributed by atoms with van der Waals surface area (Å²) in [5, 5.41) is 26.9. The van der Waals surface area contributed by atoms with Crippen molar-refractivity contribution in [1.82, 2.24) is 15.5 Å². The third-order valence-electron chi connectivity index (χ3n) is 9.36. The van der Waals surface area contributed by atoms with Gasteiger partial charge >= 0.3 is 0 Å². The second-order valence-electron chi connectivity index (χ2n) is 12.6. The Bertz CT molecular complexity index is 1470. The predicted octanol–water partition coefficient (Wildman–Crippen LogP) is 4.10. The number of nitrogens with zero attached hydrogens (tertiary/aromatic N) is 1. The number of rotatable bonds is 3. The summed E-state index contributed by atoms with van der Waals surface area (Å²) in [5.74, 6) is 0.441. The Labute approximate surface area is 251 Å². The van der Waals surface area contributed by atoms with E-state index in [1.807, 2.05) is 31.2 Å². The van der Waals surface area contributed by atoms with Crippen LogP contribution < -0.4 is 20.1 Å². The maximum atomic E-state index is 13.9. The molecule has 10 heteroatoms. The van der Waals surface area contributed by atoms with Gasteiger partial charge in [0.2, 0.25) is 5.91 Å². The number of hydrogen-bond donors (Lipinski definition) is 4. The number of allylic oxidation sites excluding steroid dienone is 1. The summed E-state index contributed by atoms with van der Waals surface area (Å²) in [7, 11) is 1.60. The molecular formula is C33H40N4O6. The number of aliphatic hydroxyl groups excluding tert-OH is 1. The molecule has 0 aromatic heterocycles. The van der Waals surface area contributed by atoms with E-state index in [-0.39, 0.29) is 30.1 Å². The van der Waals surface area contributed by atoms with Crippen LogP contribution in [0.25, 0.3) is 6.08 Å². The molecule has 43 heavy (non-hydrogen) atoms. The van der Waals surface area contributed by atoms with Crippen molar-refractivity contribution in [2.45, 2.75) is 75.8 Å². The zero-order valence-corrected chi connectivity index (χ0v) is 25.1. The molecule has 5 atom stereocenters. The molecule has 0 unspecified atom stereocenters. The summed E-state index contributed by atoms with van der Waals surface area (Å²) in [4.78, 5) is 29.3. The number of aliphatic hydroxyl groups is 1. The lowest BCUT2D eigenvalue weighted by atomic mass is 9.82. The molecule has 2 amide bonds. The number of methoxy groups -OCH3 is 1. The first-order valence-corrected chi connectivity index (χ1v) is 15.0. The zero-order valence-electron chi connectivity index (χ0n) is 25.1. The van der Waals surface area contributed by atoms with E-state index in [2.05, 4.69) is 16.7 Å². The van der Waals surface area contributed by atoms with E-state index < -0.39 is 29.3 Å². The van der Waals surface area contributed by atoms with E-state index in [1.165, 1.54) is 4.90 Å². The summed E-state index contributed by atoms with van der Waals surface area (Å²) in [6, 6.07) is 9.64. The van der Waals surface area contributed by atoms with Gasteiger partial charge in [-0.15, -0.1) is 0 Å². The topological polar surface area (TPSA) is 133 Å². The molecule has 1 fully saturated rings. The van der Waals surface area contributed by atoms with Crippen molar-refractivity contribution in [3.05, 3.63) is 64.7 Å². The third kappa shape index (κ3) is 5.16. The van der Waals surface area contributed by atoms with Gasteiger partial charge in [0.25, 0.3) is 5.91 Å². The Morgan fingerprint density at radius 1 is 1.14 bits per heavy atom. The molecular weight excluding hydrogens is 548 g/mol. The van der Waals surface area contributed by atoms with Crippen molar-refractivity contribution in [2.24, 2.45) is 5.92 Å². The Morgan fingerprint density at radius 3 is 2.67 bits per heavy atom. The van der Waals surface area contributed by atoms with Crippen molar-refractivity contribution < 1.29 is 28.9 Å². The lowest BCUT2D eigenvalue weighted by Crippen LogP contribution is -2.64. The van der Waals surface area contributed by atoms with E-state index in [1.54, 1.807) is 39.2 Å². The van der Waals surface area contributed by atoms with Crippen LogP contribution in [0.3, 0.4) is 0 Å². The van der Waals surface area contributed by atoms with Crippen molar-refractivity contribution in [3.63, 3.8) is 0 Å². The lowest BCUT2D eigenvalue weighted by Gasteiger charge is -2.48. The first kappa shape index (κ1) is 29.2. The van der Waals surface area contributed by atoms with Crippen LogP contribution in [0.1, 0.15) is 85.6 Å². The van der Waals surface area contributed by atoms with Crippen LogP contribution in [0.15, 0.2) is 42.5 Å². The number of nitrogens with one attached hydrogen (secondary N) is 3. The number of benzene rings is 2. The van der Waals surface area contributed by atoms with Crippen LogP contribution in [0, 0.1) is 11.3 Å². The van der Waals surface area contributed by atoms with E-state index in [0.29, 0.717) is 60.7 Å². The van der Waals surface area contributed by atoms with Gasteiger partial charge in [-0.3, -0.25) is 19.9 Å². The van der Waals surface area contributed by atoms with E-state index >= 15 is 0 Å². The number of carbonyl (C=O) groups excluding carboxylic acids is 2. The summed E-state index contributed by atoms with van der Waals surface area (Å²) < 4.78 is 17.7. The largest absolute Gasteiger partial charge is 0.493 e. The van der Waals surface area contributed by atoms with Crippen molar-refractivity contribution >= 4 is 23.8 Å². The number of fused-ring (bicyclic) bond motifs is 5. The fraction of sp³-hybridized carbons (Fsp3) is 0.485. The van der Waals surface area contributed by atoms with Crippen molar-refractivity contribution in [1.29, 1.82) is 5.41 Å². The number of ether oxygens (including phenoxy) is 3. The van der Waals surface area contributed by atoms with Crippen LogP contribution >= 0.6 is 0 Å². The monoisotopic (exact) mass is 588 g/mol. The molecule has 0 spiro atoms. The van der Waals surface area contributed by atoms with Gasteiger partial charge in [-0.2, -0.15) is 0 Å². The third-order valence-corrected chi connectivity index (χ3v) is 9.36. The molecule has 0 aliphatic carbocycles. The minimum atomic E-state index is -1.01. The van der Waals surface area contributed by atoms with E-state index in [0.717, 1.165) is 5.56 Å². The molecule has 0 saturated carbocycles. The smallest absolute Gasteiger partial charge is 0.251 e. The highest BCUT2D eigenvalue weighted by Crippen LogP contribution is 2.44. The molecule has 2 aromatic carbocycles.